The summed E-state index contributed by atoms with van der Waals surface area (Å²) in [4.78, 5) is 12.0. The highest BCUT2D eigenvalue weighted by Crippen LogP contribution is 2.33. The van der Waals surface area contributed by atoms with Crippen molar-refractivity contribution in [1.29, 1.82) is 0 Å². The molecule has 4 nitrogen and oxygen atoms in total. The number of pyridine rings is 1. The largest absolute Gasteiger partial charge is 0.417 e. The molecule has 0 aliphatic carbocycles. The zero-order valence-corrected chi connectivity index (χ0v) is 11.3. The molecule has 2 heterocycles. The average molecular weight is 303 g/mol. The minimum absolute atomic E-state index is 0.111. The first kappa shape index (κ1) is 14.5. The number of halogens is 4. The monoisotopic (exact) mass is 302 g/mol. The average Bonchev–Trinajstić information content (AvgIpc) is 2.36. The van der Waals surface area contributed by atoms with E-state index in [1.165, 1.54) is 0 Å². The number of alkyl halides is 3. The van der Waals surface area contributed by atoms with Gasteiger partial charge in [-0.3, -0.25) is 4.98 Å². The third kappa shape index (κ3) is 2.98. The normalized spacial score (nSPS) is 11.5. The molecule has 2 aromatic rings. The molecule has 8 heteroatoms. The maximum absolute atomic E-state index is 12.5. The van der Waals surface area contributed by atoms with Gasteiger partial charge in [0.15, 0.2) is 5.82 Å². The molecule has 0 unspecified atom stereocenters. The van der Waals surface area contributed by atoms with E-state index in [4.69, 9.17) is 11.6 Å². The highest BCUT2D eigenvalue weighted by Gasteiger charge is 2.31. The fraction of sp³-hybridized carbons (Fsp3) is 0.250. The van der Waals surface area contributed by atoms with Crippen LogP contribution in [0.5, 0.6) is 0 Å². The van der Waals surface area contributed by atoms with Crippen LogP contribution in [0.1, 0.15) is 11.3 Å². The van der Waals surface area contributed by atoms with E-state index in [1.54, 1.807) is 20.0 Å². The van der Waals surface area contributed by atoms with Crippen LogP contribution in [0.3, 0.4) is 0 Å². The van der Waals surface area contributed by atoms with Crippen molar-refractivity contribution in [2.75, 3.05) is 12.4 Å². The lowest BCUT2D eigenvalue weighted by molar-refractivity contribution is -0.137. The van der Waals surface area contributed by atoms with E-state index >= 15 is 0 Å². The van der Waals surface area contributed by atoms with Gasteiger partial charge in [-0.2, -0.15) is 13.2 Å². The van der Waals surface area contributed by atoms with Gasteiger partial charge in [0, 0.05) is 25.0 Å². The molecule has 0 aliphatic rings. The van der Waals surface area contributed by atoms with Crippen LogP contribution < -0.4 is 5.32 Å². The fourth-order valence-electron chi connectivity index (χ4n) is 1.56. The van der Waals surface area contributed by atoms with Crippen LogP contribution in [0, 0.1) is 6.92 Å². The molecule has 0 aromatic carbocycles. The Morgan fingerprint density at radius 1 is 1.20 bits per heavy atom. The van der Waals surface area contributed by atoms with E-state index in [0.29, 0.717) is 17.7 Å². The van der Waals surface area contributed by atoms with Crippen LogP contribution in [0.15, 0.2) is 18.3 Å². The number of hydrogen-bond acceptors (Lipinski definition) is 4. The van der Waals surface area contributed by atoms with Crippen LogP contribution in [0.2, 0.25) is 5.02 Å². The van der Waals surface area contributed by atoms with Gasteiger partial charge < -0.3 is 5.32 Å². The topological polar surface area (TPSA) is 50.7 Å². The number of rotatable bonds is 2. The first-order valence-electron chi connectivity index (χ1n) is 5.58. The first-order chi connectivity index (χ1) is 9.31. The van der Waals surface area contributed by atoms with Gasteiger partial charge in [-0.1, -0.05) is 11.6 Å². The second kappa shape index (κ2) is 5.24. The second-order valence-corrected chi connectivity index (χ2v) is 4.43. The number of nitrogens with one attached hydrogen (secondary N) is 1. The smallest absolute Gasteiger partial charge is 0.373 e. The summed E-state index contributed by atoms with van der Waals surface area (Å²) in [5.74, 6) is 0.707. The number of anilines is 1. The summed E-state index contributed by atoms with van der Waals surface area (Å²) in [5.41, 5.74) is -0.148. The number of aromatic nitrogens is 3. The lowest BCUT2D eigenvalue weighted by Crippen LogP contribution is -2.06. The van der Waals surface area contributed by atoms with Gasteiger partial charge in [-0.15, -0.1) is 0 Å². The summed E-state index contributed by atoms with van der Waals surface area (Å²) in [5, 5.41) is 2.69. The molecule has 0 saturated carbocycles. The predicted molar refractivity (Wildman–Crippen MR) is 69.6 cm³/mol. The van der Waals surface area contributed by atoms with E-state index in [-0.39, 0.29) is 16.5 Å². The van der Waals surface area contributed by atoms with Gasteiger partial charge in [0.25, 0.3) is 0 Å². The van der Waals surface area contributed by atoms with Crippen LogP contribution in [-0.2, 0) is 6.18 Å². The number of hydrogen-bond donors (Lipinski definition) is 1. The quantitative estimate of drug-likeness (QED) is 0.921. The Labute approximate surface area is 118 Å². The molecule has 0 bridgehead atoms. The van der Waals surface area contributed by atoms with Crippen molar-refractivity contribution in [3.63, 3.8) is 0 Å². The summed E-state index contributed by atoms with van der Waals surface area (Å²) in [6.45, 7) is 1.74. The summed E-state index contributed by atoms with van der Waals surface area (Å²) in [6, 6.07) is 2.51. The van der Waals surface area contributed by atoms with Crippen LogP contribution in [0.4, 0.5) is 19.0 Å². The highest BCUT2D eigenvalue weighted by molar-refractivity contribution is 6.32. The van der Waals surface area contributed by atoms with Gasteiger partial charge in [0.1, 0.15) is 11.5 Å². The summed E-state index contributed by atoms with van der Waals surface area (Å²) in [7, 11) is 1.67. The van der Waals surface area contributed by atoms with Gasteiger partial charge >= 0.3 is 6.18 Å². The lowest BCUT2D eigenvalue weighted by atomic mass is 10.2. The van der Waals surface area contributed by atoms with E-state index < -0.39 is 11.7 Å². The molecule has 106 valence electrons. The molecule has 0 fully saturated rings. The van der Waals surface area contributed by atoms with Crippen LogP contribution in [-0.4, -0.2) is 22.0 Å². The van der Waals surface area contributed by atoms with Crippen LogP contribution in [0.25, 0.3) is 11.5 Å². The van der Waals surface area contributed by atoms with Crippen molar-refractivity contribution in [2.24, 2.45) is 0 Å². The molecule has 1 N–H and O–H groups in total. The summed E-state index contributed by atoms with van der Waals surface area (Å²) >= 11 is 5.85. The third-order valence-electron chi connectivity index (χ3n) is 2.49. The zero-order valence-electron chi connectivity index (χ0n) is 10.6. The SMILES string of the molecule is CNc1cc(C)nc(-c2ncc(C(F)(F)F)cc2Cl)n1. The second-order valence-electron chi connectivity index (χ2n) is 4.02. The van der Waals surface area contributed by atoms with Crippen LogP contribution >= 0.6 is 11.6 Å². The minimum atomic E-state index is -4.49. The van der Waals surface area contributed by atoms with Crippen molar-refractivity contribution in [3.05, 3.63) is 34.6 Å². The summed E-state index contributed by atoms with van der Waals surface area (Å²) in [6.07, 6.45) is -3.77. The Hall–Kier alpha value is -1.89. The fourth-order valence-corrected chi connectivity index (χ4v) is 1.81. The molecule has 0 atom stereocenters. The maximum atomic E-state index is 12.5. The molecule has 2 aromatic heterocycles. The molecule has 2 rings (SSSR count). The third-order valence-corrected chi connectivity index (χ3v) is 2.78. The molecule has 0 spiro atoms. The van der Waals surface area contributed by atoms with E-state index in [2.05, 4.69) is 20.3 Å². The highest BCUT2D eigenvalue weighted by atomic mass is 35.5. The van der Waals surface area contributed by atoms with E-state index in [9.17, 15) is 13.2 Å². The van der Waals surface area contributed by atoms with Gasteiger partial charge in [0.05, 0.1) is 10.6 Å². The summed E-state index contributed by atoms with van der Waals surface area (Å²) < 4.78 is 37.6. The predicted octanol–water partition coefficient (Wildman–Crippen LogP) is 3.56. The molecular formula is C12H10ClF3N4. The number of nitrogens with zero attached hydrogens (tertiary/aromatic N) is 3. The van der Waals surface area contributed by atoms with Gasteiger partial charge in [0.2, 0.25) is 0 Å². The van der Waals surface area contributed by atoms with Crippen molar-refractivity contribution in [3.8, 4) is 11.5 Å². The van der Waals surface area contributed by atoms with Crippen molar-refractivity contribution < 1.29 is 13.2 Å². The van der Waals surface area contributed by atoms with Crippen molar-refractivity contribution >= 4 is 17.4 Å². The molecular weight excluding hydrogens is 293 g/mol. The Bertz CT molecular complexity index is 643. The Morgan fingerprint density at radius 2 is 1.90 bits per heavy atom. The minimum Gasteiger partial charge on any atom is -0.373 e. The van der Waals surface area contributed by atoms with Gasteiger partial charge in [-0.05, 0) is 13.0 Å². The standard InChI is InChI=1S/C12H10ClF3N4/c1-6-3-9(17-2)20-11(19-6)10-8(13)4-7(5-18-10)12(14,15)16/h3-5H,1-2H3,(H,17,19,20). The zero-order chi connectivity index (χ0) is 14.9. The Kier molecular flexibility index (Phi) is 3.80. The molecule has 0 saturated heterocycles. The molecule has 20 heavy (non-hydrogen) atoms. The molecule has 0 aliphatic heterocycles. The Morgan fingerprint density at radius 3 is 2.45 bits per heavy atom. The molecule has 0 amide bonds. The Balaban J connectivity index is 2.51. The lowest BCUT2D eigenvalue weighted by Gasteiger charge is -2.09. The van der Waals surface area contributed by atoms with E-state index in [0.717, 1.165) is 6.07 Å². The first-order valence-corrected chi connectivity index (χ1v) is 5.95. The van der Waals surface area contributed by atoms with Crippen molar-refractivity contribution in [2.45, 2.75) is 13.1 Å². The maximum Gasteiger partial charge on any atom is 0.417 e. The van der Waals surface area contributed by atoms with E-state index in [1.807, 2.05) is 0 Å². The molecule has 0 radical (unpaired) electrons. The van der Waals surface area contributed by atoms with Gasteiger partial charge in [-0.25, -0.2) is 9.97 Å². The van der Waals surface area contributed by atoms with Crippen molar-refractivity contribution in [1.82, 2.24) is 15.0 Å². The number of aryl methyl sites for hydroxylation is 1.